The maximum absolute atomic E-state index is 13.9. The summed E-state index contributed by atoms with van der Waals surface area (Å²) in [4.78, 5) is -3.31. The van der Waals surface area contributed by atoms with Gasteiger partial charge in [-0.3, -0.25) is 9.11 Å². The van der Waals surface area contributed by atoms with Gasteiger partial charge in [-0.1, -0.05) is 24.3 Å². The van der Waals surface area contributed by atoms with Crippen LogP contribution < -0.4 is 11.5 Å². The van der Waals surface area contributed by atoms with Gasteiger partial charge < -0.3 is 11.5 Å². The molecule has 0 heterocycles. The molecule has 0 unspecified atom stereocenters. The summed E-state index contributed by atoms with van der Waals surface area (Å²) in [6.07, 6.45) is 0. The summed E-state index contributed by atoms with van der Waals surface area (Å²) in [7, 11) is -18.8. The van der Waals surface area contributed by atoms with E-state index in [-0.39, 0.29) is 33.6 Å². The molecule has 0 atom stereocenters. The minimum absolute atomic E-state index is 0.0179. The van der Waals surface area contributed by atoms with Crippen LogP contribution in [-0.4, -0.2) is 42.8 Å². The summed E-state index contributed by atoms with van der Waals surface area (Å²) in [5, 5.41) is 0. The highest BCUT2D eigenvalue weighted by molar-refractivity contribution is 7.92. The lowest BCUT2D eigenvalue weighted by molar-refractivity contribution is 0.480. The van der Waals surface area contributed by atoms with E-state index >= 15 is 0 Å². The Morgan fingerprint density at radius 2 is 0.810 bits per heavy atom. The first kappa shape index (κ1) is 31.1. The predicted molar refractivity (Wildman–Crippen MR) is 154 cm³/mol. The van der Waals surface area contributed by atoms with Gasteiger partial charge in [0.15, 0.2) is 0 Å². The van der Waals surface area contributed by atoms with Crippen LogP contribution >= 0.6 is 0 Å². The van der Waals surface area contributed by atoms with Crippen molar-refractivity contribution in [1.82, 2.24) is 0 Å². The van der Waals surface area contributed by atoms with Crippen LogP contribution in [0.3, 0.4) is 0 Å². The molecule has 222 valence electrons. The van der Waals surface area contributed by atoms with E-state index in [9.17, 15) is 42.8 Å². The van der Waals surface area contributed by atoms with Crippen LogP contribution in [0.4, 0.5) is 11.4 Å². The number of rotatable bonds is 7. The Kier molecular flexibility index (Phi) is 7.77. The molecule has 0 saturated carbocycles. The van der Waals surface area contributed by atoms with Crippen molar-refractivity contribution >= 4 is 51.3 Å². The second-order valence-corrected chi connectivity index (χ2v) is 15.9. The zero-order valence-electron chi connectivity index (χ0n) is 21.9. The standard InChI is InChI=1S/C26H24N2O10S4/c1-15-3-7-19(13-23(15)41(33,34)35)39(29,30)25-11-17(27)5-9-21(25)22-10-6-18(28)12-26(22)40(31,32)20-8-4-16(2)24(14-20)42(36,37)38/h3-14H,27-28H2,1-2H3,(H,33,34,35)(H,36,37,38). The zero-order valence-corrected chi connectivity index (χ0v) is 25.1. The summed E-state index contributed by atoms with van der Waals surface area (Å²) >= 11 is 0. The third-order valence-corrected chi connectivity index (χ3v) is 12.0. The van der Waals surface area contributed by atoms with Gasteiger partial charge in [-0.2, -0.15) is 16.8 Å². The summed E-state index contributed by atoms with van der Waals surface area (Å²) < 4.78 is 122. The molecule has 0 saturated heterocycles. The van der Waals surface area contributed by atoms with Crippen molar-refractivity contribution in [2.75, 3.05) is 11.5 Å². The van der Waals surface area contributed by atoms with Gasteiger partial charge in [0, 0.05) is 22.5 Å². The van der Waals surface area contributed by atoms with Gasteiger partial charge in [-0.05, 0) is 73.5 Å². The number of hydrogen-bond donors (Lipinski definition) is 4. The molecule has 4 aromatic carbocycles. The summed E-state index contributed by atoms with van der Waals surface area (Å²) in [6, 6.07) is 13.4. The Bertz CT molecular complexity index is 2050. The zero-order chi connectivity index (χ0) is 31.4. The molecule has 0 amide bonds. The van der Waals surface area contributed by atoms with Gasteiger partial charge in [-0.15, -0.1) is 0 Å². The second kappa shape index (κ2) is 10.5. The fraction of sp³-hybridized carbons (Fsp3) is 0.0769. The van der Waals surface area contributed by atoms with Crippen molar-refractivity contribution in [3.05, 3.63) is 83.9 Å². The largest absolute Gasteiger partial charge is 0.399 e. The maximum Gasteiger partial charge on any atom is 0.294 e. The first-order valence-electron chi connectivity index (χ1n) is 11.7. The molecule has 0 spiro atoms. The monoisotopic (exact) mass is 652 g/mol. The SMILES string of the molecule is Cc1ccc(S(=O)(=O)c2cc(N)ccc2-c2ccc(N)cc2S(=O)(=O)c2ccc(C)c(S(=O)(=O)O)c2)cc1S(=O)(=O)O. The molecule has 4 aromatic rings. The molecule has 0 radical (unpaired) electrons. The molecule has 0 fully saturated rings. The van der Waals surface area contributed by atoms with E-state index < -0.39 is 69.3 Å². The Labute approximate surface area is 243 Å². The van der Waals surface area contributed by atoms with Crippen LogP contribution in [0, 0.1) is 13.8 Å². The van der Waals surface area contributed by atoms with Gasteiger partial charge in [0.1, 0.15) is 0 Å². The van der Waals surface area contributed by atoms with E-state index in [1.165, 1.54) is 50.2 Å². The van der Waals surface area contributed by atoms with E-state index in [1.54, 1.807) is 0 Å². The van der Waals surface area contributed by atoms with Crippen molar-refractivity contribution in [3.8, 4) is 11.1 Å². The highest BCUT2D eigenvalue weighted by Gasteiger charge is 2.30. The van der Waals surface area contributed by atoms with Gasteiger partial charge in [0.05, 0.1) is 29.4 Å². The first-order chi connectivity index (χ1) is 19.2. The second-order valence-electron chi connectivity index (χ2n) is 9.32. The number of anilines is 2. The topological polar surface area (TPSA) is 229 Å². The molecule has 0 aliphatic carbocycles. The molecule has 16 heteroatoms. The van der Waals surface area contributed by atoms with Crippen molar-refractivity contribution in [3.63, 3.8) is 0 Å². The van der Waals surface area contributed by atoms with Gasteiger partial charge in [-0.25, -0.2) is 16.8 Å². The molecule has 6 N–H and O–H groups in total. The first-order valence-corrected chi connectivity index (χ1v) is 17.5. The van der Waals surface area contributed by atoms with E-state index in [4.69, 9.17) is 11.5 Å². The lowest BCUT2D eigenvalue weighted by atomic mass is 10.0. The molecule has 0 aliphatic heterocycles. The van der Waals surface area contributed by atoms with Crippen molar-refractivity contribution in [1.29, 1.82) is 0 Å². The van der Waals surface area contributed by atoms with Crippen LogP contribution in [0.5, 0.6) is 0 Å². The minimum atomic E-state index is -4.79. The minimum Gasteiger partial charge on any atom is -0.399 e. The average Bonchev–Trinajstić information content (AvgIpc) is 2.87. The fourth-order valence-electron chi connectivity index (χ4n) is 4.27. The number of benzene rings is 4. The van der Waals surface area contributed by atoms with E-state index in [1.807, 2.05) is 0 Å². The van der Waals surface area contributed by atoms with Crippen LogP contribution in [0.15, 0.2) is 102 Å². The molecule has 0 aliphatic rings. The van der Waals surface area contributed by atoms with E-state index in [0.717, 1.165) is 36.4 Å². The summed E-state index contributed by atoms with van der Waals surface area (Å²) in [5.74, 6) is 0. The molecule has 42 heavy (non-hydrogen) atoms. The number of hydrogen-bond acceptors (Lipinski definition) is 10. The third-order valence-electron chi connectivity index (χ3n) is 6.38. The van der Waals surface area contributed by atoms with Crippen molar-refractivity contribution < 1.29 is 42.8 Å². The normalized spacial score (nSPS) is 12.8. The number of nitrogens with two attached hydrogens (primary N) is 2. The molecule has 12 nitrogen and oxygen atoms in total. The lowest BCUT2D eigenvalue weighted by Gasteiger charge is -2.17. The summed E-state index contributed by atoms with van der Waals surface area (Å²) in [6.45, 7) is 2.71. The van der Waals surface area contributed by atoms with E-state index in [0.29, 0.717) is 0 Å². The molecule has 0 bridgehead atoms. The van der Waals surface area contributed by atoms with Crippen LogP contribution in [-0.2, 0) is 39.9 Å². The molecule has 4 rings (SSSR count). The van der Waals surface area contributed by atoms with Crippen LogP contribution in [0.1, 0.15) is 11.1 Å². The maximum atomic E-state index is 13.9. The average molecular weight is 653 g/mol. The molecule has 0 aromatic heterocycles. The Morgan fingerprint density at radius 1 is 0.476 bits per heavy atom. The summed E-state index contributed by atoms with van der Waals surface area (Å²) in [5.41, 5.74) is 11.6. The molecular weight excluding hydrogens is 629 g/mol. The number of aryl methyl sites for hydroxylation is 2. The van der Waals surface area contributed by atoms with Gasteiger partial charge in [0.2, 0.25) is 19.7 Å². The highest BCUT2D eigenvalue weighted by atomic mass is 32.2. The Morgan fingerprint density at radius 3 is 1.12 bits per heavy atom. The predicted octanol–water partition coefficient (Wildman–Crippen LogP) is 3.29. The quantitative estimate of drug-likeness (QED) is 0.166. The van der Waals surface area contributed by atoms with Crippen molar-refractivity contribution in [2.45, 2.75) is 43.2 Å². The smallest absolute Gasteiger partial charge is 0.294 e. The number of nitrogen functional groups attached to an aromatic ring is 2. The molecular formula is C26H24N2O10S4. The third kappa shape index (κ3) is 5.77. The lowest BCUT2D eigenvalue weighted by Crippen LogP contribution is -2.11. The van der Waals surface area contributed by atoms with Crippen LogP contribution in [0.2, 0.25) is 0 Å². The number of sulfone groups is 2. The van der Waals surface area contributed by atoms with Gasteiger partial charge >= 0.3 is 0 Å². The van der Waals surface area contributed by atoms with Crippen LogP contribution in [0.25, 0.3) is 11.1 Å². The Balaban J connectivity index is 2.02. The van der Waals surface area contributed by atoms with Gasteiger partial charge in [0.25, 0.3) is 20.2 Å². The highest BCUT2D eigenvalue weighted by Crippen LogP contribution is 2.39. The Hall–Kier alpha value is -3.80. The van der Waals surface area contributed by atoms with Crippen molar-refractivity contribution in [2.24, 2.45) is 0 Å². The fourth-order valence-corrected chi connectivity index (χ4v) is 8.99. The van der Waals surface area contributed by atoms with E-state index in [2.05, 4.69) is 0 Å².